The molecule has 0 fully saturated rings. The van der Waals surface area contributed by atoms with Crippen molar-refractivity contribution in [2.75, 3.05) is 25.1 Å². The third-order valence-corrected chi connectivity index (χ3v) is 2.08. The average Bonchev–Trinajstić information content (AvgIpc) is 2.38. The van der Waals surface area contributed by atoms with Gasteiger partial charge in [0, 0.05) is 12.3 Å². The average molecular weight is 267 g/mol. The molecular formula is C13H17NO5. The molecule has 0 bridgehead atoms. The highest BCUT2D eigenvalue weighted by molar-refractivity contribution is 5.91. The number of anilines is 1. The molecule has 2 N–H and O–H groups in total. The minimum atomic E-state index is -1.04. The van der Waals surface area contributed by atoms with E-state index >= 15 is 0 Å². The highest BCUT2D eigenvalue weighted by Gasteiger charge is 2.03. The van der Waals surface area contributed by atoms with E-state index in [1.165, 1.54) is 0 Å². The van der Waals surface area contributed by atoms with E-state index in [0.717, 1.165) is 6.42 Å². The summed E-state index contributed by atoms with van der Waals surface area (Å²) in [7, 11) is 0. The van der Waals surface area contributed by atoms with Gasteiger partial charge in [-0.25, -0.2) is 4.79 Å². The van der Waals surface area contributed by atoms with Crippen molar-refractivity contribution < 1.29 is 24.2 Å². The second-order valence-electron chi connectivity index (χ2n) is 3.81. The minimum absolute atomic E-state index is 0.0190. The molecule has 0 aliphatic carbocycles. The fourth-order valence-corrected chi connectivity index (χ4v) is 1.29. The molecule has 0 radical (unpaired) electrons. The van der Waals surface area contributed by atoms with Gasteiger partial charge in [0.25, 0.3) is 0 Å². The van der Waals surface area contributed by atoms with Crippen molar-refractivity contribution >= 4 is 17.6 Å². The van der Waals surface area contributed by atoms with Gasteiger partial charge in [0.15, 0.2) is 6.61 Å². The van der Waals surface area contributed by atoms with Crippen molar-refractivity contribution in [1.29, 1.82) is 0 Å². The quantitative estimate of drug-likeness (QED) is 0.697. The Morgan fingerprint density at radius 1 is 1.21 bits per heavy atom. The van der Waals surface area contributed by atoms with Crippen LogP contribution in [0.5, 0.6) is 5.75 Å². The SMILES string of the molecule is CCCOCC(=O)Nc1ccc(OCC(=O)O)cc1. The van der Waals surface area contributed by atoms with E-state index in [1.807, 2.05) is 6.92 Å². The number of nitrogens with one attached hydrogen (secondary N) is 1. The summed E-state index contributed by atoms with van der Waals surface area (Å²) in [5.74, 6) is -0.833. The molecule has 1 amide bonds. The van der Waals surface area contributed by atoms with Crippen molar-refractivity contribution in [3.8, 4) is 5.75 Å². The Balaban J connectivity index is 2.39. The van der Waals surface area contributed by atoms with Gasteiger partial charge in [0.2, 0.25) is 5.91 Å². The van der Waals surface area contributed by atoms with Crippen molar-refractivity contribution in [2.24, 2.45) is 0 Å². The normalized spacial score (nSPS) is 9.95. The lowest BCUT2D eigenvalue weighted by Crippen LogP contribution is -2.18. The molecule has 0 aromatic heterocycles. The summed E-state index contributed by atoms with van der Waals surface area (Å²) >= 11 is 0. The van der Waals surface area contributed by atoms with E-state index in [-0.39, 0.29) is 12.5 Å². The highest BCUT2D eigenvalue weighted by atomic mass is 16.5. The number of ether oxygens (including phenoxy) is 2. The summed E-state index contributed by atoms with van der Waals surface area (Å²) in [4.78, 5) is 21.8. The lowest BCUT2D eigenvalue weighted by atomic mass is 10.3. The summed E-state index contributed by atoms with van der Waals surface area (Å²) in [5, 5.41) is 11.1. The van der Waals surface area contributed by atoms with Crippen molar-refractivity contribution in [3.63, 3.8) is 0 Å². The topological polar surface area (TPSA) is 84.9 Å². The van der Waals surface area contributed by atoms with E-state index in [0.29, 0.717) is 18.0 Å². The van der Waals surface area contributed by atoms with Crippen LogP contribution in [0, 0.1) is 0 Å². The smallest absolute Gasteiger partial charge is 0.341 e. The third kappa shape index (κ3) is 6.42. The Morgan fingerprint density at radius 3 is 2.47 bits per heavy atom. The Bertz CT molecular complexity index is 416. The zero-order valence-corrected chi connectivity index (χ0v) is 10.7. The Hall–Kier alpha value is -2.08. The van der Waals surface area contributed by atoms with Crippen LogP contribution in [0.1, 0.15) is 13.3 Å². The van der Waals surface area contributed by atoms with Crippen LogP contribution in [-0.4, -0.2) is 36.8 Å². The van der Waals surface area contributed by atoms with E-state index < -0.39 is 12.6 Å². The number of rotatable bonds is 8. The first-order chi connectivity index (χ1) is 9.11. The first-order valence-electron chi connectivity index (χ1n) is 5.94. The van der Waals surface area contributed by atoms with Crippen LogP contribution in [0.25, 0.3) is 0 Å². The first-order valence-corrected chi connectivity index (χ1v) is 5.94. The molecule has 104 valence electrons. The van der Waals surface area contributed by atoms with Crippen LogP contribution in [0.2, 0.25) is 0 Å². The highest BCUT2D eigenvalue weighted by Crippen LogP contribution is 2.15. The molecule has 1 aromatic carbocycles. The molecule has 1 aromatic rings. The zero-order chi connectivity index (χ0) is 14.1. The van der Waals surface area contributed by atoms with Gasteiger partial charge >= 0.3 is 5.97 Å². The molecule has 1 rings (SSSR count). The summed E-state index contributed by atoms with van der Waals surface area (Å²) in [6.45, 7) is 2.14. The van der Waals surface area contributed by atoms with Crippen LogP contribution in [0.3, 0.4) is 0 Å². The molecule has 0 saturated heterocycles. The van der Waals surface area contributed by atoms with Crippen molar-refractivity contribution in [2.45, 2.75) is 13.3 Å². The molecule has 0 spiro atoms. The predicted octanol–water partition coefficient (Wildman–Crippen LogP) is 1.52. The van der Waals surface area contributed by atoms with E-state index in [1.54, 1.807) is 24.3 Å². The van der Waals surface area contributed by atoms with Gasteiger partial charge in [0.05, 0.1) is 0 Å². The second-order valence-corrected chi connectivity index (χ2v) is 3.81. The van der Waals surface area contributed by atoms with Gasteiger partial charge in [-0.3, -0.25) is 4.79 Å². The lowest BCUT2D eigenvalue weighted by Gasteiger charge is -2.07. The van der Waals surface area contributed by atoms with Crippen LogP contribution in [0.4, 0.5) is 5.69 Å². The summed E-state index contributed by atoms with van der Waals surface area (Å²) in [6.07, 6.45) is 0.864. The number of benzene rings is 1. The largest absolute Gasteiger partial charge is 0.482 e. The first kappa shape index (κ1) is 15.0. The molecule has 19 heavy (non-hydrogen) atoms. The number of hydrogen-bond donors (Lipinski definition) is 2. The molecule has 0 unspecified atom stereocenters. The zero-order valence-electron chi connectivity index (χ0n) is 10.7. The Labute approximate surface area is 111 Å². The van der Waals surface area contributed by atoms with Gasteiger partial charge in [-0.1, -0.05) is 6.92 Å². The number of aliphatic carboxylic acids is 1. The molecule has 0 aliphatic rings. The number of carbonyl (C=O) groups is 2. The molecule has 0 atom stereocenters. The van der Waals surface area contributed by atoms with Crippen LogP contribution >= 0.6 is 0 Å². The van der Waals surface area contributed by atoms with Crippen LogP contribution < -0.4 is 10.1 Å². The second kappa shape index (κ2) is 8.10. The lowest BCUT2D eigenvalue weighted by molar-refractivity contribution is -0.139. The van der Waals surface area contributed by atoms with Crippen molar-refractivity contribution in [1.82, 2.24) is 0 Å². The van der Waals surface area contributed by atoms with E-state index in [4.69, 9.17) is 14.6 Å². The molecule has 0 aliphatic heterocycles. The number of amides is 1. The predicted molar refractivity (Wildman–Crippen MR) is 69.3 cm³/mol. The maximum Gasteiger partial charge on any atom is 0.341 e. The van der Waals surface area contributed by atoms with Crippen molar-refractivity contribution in [3.05, 3.63) is 24.3 Å². The van der Waals surface area contributed by atoms with E-state index in [9.17, 15) is 9.59 Å². The Morgan fingerprint density at radius 2 is 1.89 bits per heavy atom. The van der Waals surface area contributed by atoms with Gasteiger partial charge < -0.3 is 19.9 Å². The molecule has 6 heteroatoms. The fourth-order valence-electron chi connectivity index (χ4n) is 1.29. The van der Waals surface area contributed by atoms with Gasteiger partial charge in [0.1, 0.15) is 12.4 Å². The van der Waals surface area contributed by atoms with Gasteiger partial charge in [-0.15, -0.1) is 0 Å². The third-order valence-electron chi connectivity index (χ3n) is 2.08. The molecule has 0 heterocycles. The monoisotopic (exact) mass is 267 g/mol. The maximum atomic E-state index is 11.4. The van der Waals surface area contributed by atoms with E-state index in [2.05, 4.69) is 5.32 Å². The Kier molecular flexibility index (Phi) is 6.38. The molecule has 0 saturated carbocycles. The summed E-state index contributed by atoms with van der Waals surface area (Å²) in [5.41, 5.74) is 0.604. The molecular weight excluding hydrogens is 250 g/mol. The van der Waals surface area contributed by atoms with Gasteiger partial charge in [-0.2, -0.15) is 0 Å². The number of carboxylic acid groups (broad SMARTS) is 1. The number of hydrogen-bond acceptors (Lipinski definition) is 4. The number of carboxylic acids is 1. The van der Waals surface area contributed by atoms with Gasteiger partial charge in [-0.05, 0) is 30.7 Å². The van der Waals surface area contributed by atoms with Crippen LogP contribution in [0.15, 0.2) is 24.3 Å². The number of carbonyl (C=O) groups excluding carboxylic acids is 1. The minimum Gasteiger partial charge on any atom is -0.482 e. The van der Waals surface area contributed by atoms with Crippen LogP contribution in [-0.2, 0) is 14.3 Å². The fraction of sp³-hybridized carbons (Fsp3) is 0.385. The summed E-state index contributed by atoms with van der Waals surface area (Å²) in [6, 6.07) is 6.45. The standard InChI is InChI=1S/C13H17NO5/c1-2-7-18-8-12(15)14-10-3-5-11(6-4-10)19-9-13(16)17/h3-6H,2,7-9H2,1H3,(H,14,15)(H,16,17). The maximum absolute atomic E-state index is 11.4. The molecule has 6 nitrogen and oxygen atoms in total. The summed E-state index contributed by atoms with van der Waals surface area (Å²) < 4.78 is 10.1.